The van der Waals surface area contributed by atoms with E-state index in [1.807, 2.05) is 182 Å². The van der Waals surface area contributed by atoms with E-state index in [-0.39, 0.29) is 0 Å². The lowest BCUT2D eigenvalue weighted by Crippen LogP contribution is -2.02. The summed E-state index contributed by atoms with van der Waals surface area (Å²) in [6, 6.07) is 178. The van der Waals surface area contributed by atoms with Gasteiger partial charge < -0.3 is 13.7 Å². The first-order valence-electron chi connectivity index (χ1n) is 47.4. The Kier molecular flexibility index (Phi) is 21.7. The van der Waals surface area contributed by atoms with Gasteiger partial charge in [-0.15, -0.1) is 0 Å². The Balaban J connectivity index is 0.000000112. The molecule has 0 aliphatic rings. The molecule has 141 heavy (non-hydrogen) atoms. The molecule has 0 unspecified atom stereocenters. The number of para-hydroxylation sites is 4. The van der Waals surface area contributed by atoms with Crippen molar-refractivity contribution in [3.63, 3.8) is 0 Å². The summed E-state index contributed by atoms with van der Waals surface area (Å²) in [6.45, 7) is 0. The highest BCUT2D eigenvalue weighted by molar-refractivity contribution is 6.19. The molecule has 0 amide bonds. The van der Waals surface area contributed by atoms with Gasteiger partial charge in [0.2, 0.25) is 0 Å². The largest absolute Gasteiger partial charge is 0.309 e. The van der Waals surface area contributed by atoms with Gasteiger partial charge in [0.05, 0.1) is 50.2 Å². The molecule has 21 aromatic carbocycles. The SMILES string of the molecule is c1ccc(-c2ccc3c(c2)c2cccc(-c4ccccc4)c2n3-c2ccc(-c3nc(-c4ccccc4)nc(-c4ccccc4)n3)c3ccccc23)cc1.c1ccc(-c2nc(-c3ccccc3)nc(-c3ccc(-n4c5ccccc5c5c(-c6ccccc6)cccc54)c4ccccc34)n2)cc1.c1ccc(-c2nc(-c3ccccc3)nc(-c3cccc4c(-n5c6ccccc6c6ccccc65)cccc34)n2)cc1. The van der Waals surface area contributed by atoms with Gasteiger partial charge in [0.25, 0.3) is 0 Å². The average Bonchev–Trinajstić information content (AvgIpc) is 1.58. The Hall–Kier alpha value is -19.2. The molecule has 6 heterocycles. The summed E-state index contributed by atoms with van der Waals surface area (Å²) in [7, 11) is 0. The summed E-state index contributed by atoms with van der Waals surface area (Å²) >= 11 is 0. The molecule has 0 radical (unpaired) electrons. The monoisotopic (exact) mass is 1800 g/mol. The van der Waals surface area contributed by atoms with Crippen molar-refractivity contribution in [2.75, 3.05) is 0 Å². The predicted molar refractivity (Wildman–Crippen MR) is 580 cm³/mol. The third-order valence-corrected chi connectivity index (χ3v) is 26.6. The van der Waals surface area contributed by atoms with Crippen LogP contribution in [0.2, 0.25) is 0 Å². The zero-order chi connectivity index (χ0) is 93.5. The van der Waals surface area contributed by atoms with Crippen LogP contribution in [-0.4, -0.2) is 58.6 Å². The molecule has 0 N–H and O–H groups in total. The van der Waals surface area contributed by atoms with Crippen LogP contribution >= 0.6 is 0 Å². The van der Waals surface area contributed by atoms with Crippen LogP contribution in [0.15, 0.2) is 510 Å². The summed E-state index contributed by atoms with van der Waals surface area (Å²) < 4.78 is 7.22. The van der Waals surface area contributed by atoms with E-state index in [1.165, 1.54) is 93.3 Å². The molecule has 0 saturated heterocycles. The minimum atomic E-state index is 0.639. The van der Waals surface area contributed by atoms with Crippen LogP contribution in [0.25, 0.3) is 251 Å². The Morgan fingerprint density at radius 3 is 0.794 bits per heavy atom. The van der Waals surface area contributed by atoms with Crippen molar-refractivity contribution in [2.45, 2.75) is 0 Å². The normalized spacial score (nSPS) is 11.4. The molecule has 660 valence electrons. The van der Waals surface area contributed by atoms with Crippen LogP contribution in [-0.2, 0) is 0 Å². The van der Waals surface area contributed by atoms with E-state index in [9.17, 15) is 0 Å². The van der Waals surface area contributed by atoms with E-state index in [1.54, 1.807) is 0 Å². The highest BCUT2D eigenvalue weighted by Gasteiger charge is 2.26. The number of nitrogens with zero attached hydrogens (tertiary/aromatic N) is 12. The summed E-state index contributed by atoms with van der Waals surface area (Å²) in [5, 5.41) is 14.0. The van der Waals surface area contributed by atoms with Crippen LogP contribution in [0.1, 0.15) is 0 Å². The third kappa shape index (κ3) is 15.6. The highest BCUT2D eigenvalue weighted by atomic mass is 15.1. The maximum absolute atomic E-state index is 5.11. The Bertz CT molecular complexity index is 9160. The molecule has 0 spiro atoms. The van der Waals surface area contributed by atoms with Gasteiger partial charge >= 0.3 is 0 Å². The fourth-order valence-electron chi connectivity index (χ4n) is 20.1. The number of fused-ring (bicyclic) bond motifs is 12. The first-order valence-corrected chi connectivity index (χ1v) is 47.4. The molecule has 0 fully saturated rings. The average molecular weight is 1800 g/mol. The molecule has 12 nitrogen and oxygen atoms in total. The highest BCUT2D eigenvalue weighted by Crippen LogP contribution is 2.47. The fraction of sp³-hybridized carbons (Fsp3) is 0. The molecule has 0 saturated carbocycles. The second-order valence-corrected chi connectivity index (χ2v) is 34.9. The first kappa shape index (κ1) is 83.6. The zero-order valence-electron chi connectivity index (χ0n) is 76.4. The number of hydrogen-bond acceptors (Lipinski definition) is 9. The van der Waals surface area contributed by atoms with Crippen molar-refractivity contribution >= 4 is 97.7 Å². The molecule has 0 aliphatic carbocycles. The second-order valence-electron chi connectivity index (χ2n) is 34.9. The lowest BCUT2D eigenvalue weighted by atomic mass is 9.99. The quantitative estimate of drug-likeness (QED) is 0.0984. The lowest BCUT2D eigenvalue weighted by Gasteiger charge is -2.16. The zero-order valence-corrected chi connectivity index (χ0v) is 76.4. The Morgan fingerprint density at radius 2 is 0.376 bits per heavy atom. The van der Waals surface area contributed by atoms with Crippen molar-refractivity contribution in [3.05, 3.63) is 510 Å². The Labute approximate surface area is 813 Å². The topological polar surface area (TPSA) is 131 Å². The van der Waals surface area contributed by atoms with E-state index < -0.39 is 0 Å². The number of rotatable bonds is 15. The van der Waals surface area contributed by atoms with Gasteiger partial charge in [-0.1, -0.05) is 443 Å². The van der Waals surface area contributed by atoms with Crippen molar-refractivity contribution in [3.8, 4) is 153 Å². The van der Waals surface area contributed by atoms with Gasteiger partial charge in [0, 0.05) is 104 Å². The van der Waals surface area contributed by atoms with E-state index in [4.69, 9.17) is 44.9 Å². The molecule has 6 aromatic heterocycles. The maximum Gasteiger partial charge on any atom is 0.164 e. The fourth-order valence-corrected chi connectivity index (χ4v) is 20.1. The van der Waals surface area contributed by atoms with E-state index >= 15 is 0 Å². The molecule has 0 atom stereocenters. The van der Waals surface area contributed by atoms with Crippen LogP contribution < -0.4 is 0 Å². The molecule has 27 rings (SSSR count). The van der Waals surface area contributed by atoms with E-state index in [0.717, 1.165) is 105 Å². The predicted octanol–water partition coefficient (Wildman–Crippen LogP) is 32.4. The molecular formula is C129H84N12. The number of benzene rings is 21. The standard InChI is InChI=1S/C49H32N4.C43H28N4.C37H24N4/c1-5-16-33(17-6-1)37-28-30-45-43(32-37)41-27-15-26-38(34-18-7-2-8-19-34)46(41)53(45)44-31-29-42(39-24-13-14-25-40(39)44)49-51-47(35-20-9-3-10-21-35)50-48(52-49)36-22-11-4-12-23-36;1-4-15-29(16-5-1)32-24-14-26-39-40(32)36-23-12-13-25-37(36)47(39)38-28-27-35(33-21-10-11-22-34(33)38)43-45-41(30-17-6-2-7-18-30)44-42(46-43)31-19-8-3-9-20-31;1-3-13-25(14-4-1)35-38-36(26-15-5-2-6-16-26)40-37(39-35)31-21-11-20-28-27(31)19-12-24-34(28)41-32-22-9-7-17-29(32)30-18-8-10-23-33(30)41/h1-32H;1-28H;1-24H. The van der Waals surface area contributed by atoms with Gasteiger partial charge in [0.1, 0.15) is 0 Å². The molecule has 0 bridgehead atoms. The van der Waals surface area contributed by atoms with Crippen LogP contribution in [0.4, 0.5) is 0 Å². The summed E-state index contributed by atoms with van der Waals surface area (Å²) in [5.41, 5.74) is 26.2. The third-order valence-electron chi connectivity index (χ3n) is 26.6. The minimum absolute atomic E-state index is 0.639. The second kappa shape index (κ2) is 36.6. The van der Waals surface area contributed by atoms with Crippen molar-refractivity contribution < 1.29 is 0 Å². The van der Waals surface area contributed by atoms with Crippen LogP contribution in [0.5, 0.6) is 0 Å². The molecule has 27 aromatic rings. The van der Waals surface area contributed by atoms with Gasteiger partial charge in [-0.3, -0.25) is 0 Å². The van der Waals surface area contributed by atoms with Crippen LogP contribution in [0, 0.1) is 0 Å². The first-order chi connectivity index (χ1) is 70.0. The number of aromatic nitrogens is 12. The van der Waals surface area contributed by atoms with Crippen LogP contribution in [0.3, 0.4) is 0 Å². The molecular weight excluding hydrogens is 1720 g/mol. The van der Waals surface area contributed by atoms with Gasteiger partial charge in [0.15, 0.2) is 52.4 Å². The lowest BCUT2D eigenvalue weighted by molar-refractivity contribution is 1.07. The summed E-state index contributed by atoms with van der Waals surface area (Å²) in [6.07, 6.45) is 0. The molecule has 0 aliphatic heterocycles. The summed E-state index contributed by atoms with van der Waals surface area (Å²) in [5.74, 6) is 5.85. The summed E-state index contributed by atoms with van der Waals surface area (Å²) in [4.78, 5) is 45.1. The smallest absolute Gasteiger partial charge is 0.164 e. The van der Waals surface area contributed by atoms with Gasteiger partial charge in [-0.05, 0) is 111 Å². The van der Waals surface area contributed by atoms with Crippen molar-refractivity contribution in [2.24, 2.45) is 0 Å². The molecule has 12 heteroatoms. The van der Waals surface area contributed by atoms with E-state index in [2.05, 4.69) is 341 Å². The minimum Gasteiger partial charge on any atom is -0.309 e. The Morgan fingerprint density at radius 1 is 0.121 bits per heavy atom. The van der Waals surface area contributed by atoms with E-state index in [0.29, 0.717) is 52.4 Å². The number of hydrogen-bond donors (Lipinski definition) is 0. The maximum atomic E-state index is 5.11. The van der Waals surface area contributed by atoms with Gasteiger partial charge in [-0.2, -0.15) is 0 Å². The van der Waals surface area contributed by atoms with Crippen molar-refractivity contribution in [1.82, 2.24) is 58.6 Å². The van der Waals surface area contributed by atoms with Crippen molar-refractivity contribution in [1.29, 1.82) is 0 Å². The van der Waals surface area contributed by atoms with Gasteiger partial charge in [-0.25, -0.2) is 44.9 Å².